The van der Waals surface area contributed by atoms with Gasteiger partial charge in [-0.2, -0.15) is 0 Å². The number of ether oxygens (including phenoxy) is 3. The predicted molar refractivity (Wildman–Crippen MR) is 157 cm³/mol. The minimum Gasteiger partial charge on any atom is -0.466 e. The summed E-state index contributed by atoms with van der Waals surface area (Å²) in [5.74, 6) is -1.20. The summed E-state index contributed by atoms with van der Waals surface area (Å²) in [7, 11) is 0. The summed E-state index contributed by atoms with van der Waals surface area (Å²) >= 11 is 0. The summed E-state index contributed by atoms with van der Waals surface area (Å²) < 4.78 is 16.9. The van der Waals surface area contributed by atoms with Gasteiger partial charge in [-0.05, 0) is 50.5 Å². The molecule has 222 valence electrons. The number of unbranched alkanes of at least 4 members (excludes halogenated alkanes) is 4. The fourth-order valence-corrected chi connectivity index (χ4v) is 5.45. The van der Waals surface area contributed by atoms with Gasteiger partial charge in [0.15, 0.2) is 0 Å². The predicted octanol–water partition coefficient (Wildman–Crippen LogP) is 6.69. The van der Waals surface area contributed by atoms with E-state index >= 15 is 0 Å². The van der Waals surface area contributed by atoms with Crippen LogP contribution in [0.15, 0.2) is 72.8 Å². The zero-order valence-electron chi connectivity index (χ0n) is 24.3. The summed E-state index contributed by atoms with van der Waals surface area (Å²) in [5, 5.41) is 10.7. The van der Waals surface area contributed by atoms with E-state index in [2.05, 4.69) is 0 Å². The van der Waals surface area contributed by atoms with Gasteiger partial charge in [-0.1, -0.05) is 81.2 Å². The summed E-state index contributed by atoms with van der Waals surface area (Å²) in [5.41, 5.74) is 0.950. The fraction of sp³-hybridized carbons (Fsp3) is 0.500. The van der Waals surface area contributed by atoms with Crippen molar-refractivity contribution < 1.29 is 33.7 Å². The summed E-state index contributed by atoms with van der Waals surface area (Å²) in [6, 6.07) is 17.7. The van der Waals surface area contributed by atoms with Crippen LogP contribution in [0.4, 0.5) is 0 Å². The van der Waals surface area contributed by atoms with Gasteiger partial charge in [0.2, 0.25) is 0 Å². The number of hydrogen-bond acceptors (Lipinski definition) is 7. The molecule has 0 aliphatic heterocycles. The lowest BCUT2D eigenvalue weighted by atomic mass is 9.90. The number of hydrogen-bond donors (Lipinski definition) is 1. The van der Waals surface area contributed by atoms with Crippen LogP contribution in [0, 0.1) is 11.8 Å². The highest BCUT2D eigenvalue weighted by Crippen LogP contribution is 2.40. The molecule has 0 saturated heterocycles. The van der Waals surface area contributed by atoms with E-state index in [1.54, 1.807) is 54.6 Å². The number of esters is 3. The Labute approximate surface area is 243 Å². The third kappa shape index (κ3) is 10.5. The largest absolute Gasteiger partial charge is 0.466 e. The Balaban J connectivity index is 1.58. The molecular formula is C34H44O7. The molecule has 1 aliphatic carbocycles. The standard InChI is InChI=1S/C34H44O7/c1-3-28-29(23-22-27(35)20-14-6-5-7-15-21-32(36)39-4-2)31(41-34(38)26-18-12-9-13-19-26)24-30(28)40-33(37)25-16-10-8-11-17-25/h8-13,16-19,22-23,27-31,35H,3-7,14-15,20-21,24H2,1-2H3/b23-22+/t27?,28-,29+,30-,31+/m1/s1. The van der Waals surface area contributed by atoms with Crippen molar-refractivity contribution in [2.75, 3.05) is 6.61 Å². The van der Waals surface area contributed by atoms with Gasteiger partial charge in [0.1, 0.15) is 12.2 Å². The first kappa shape index (κ1) is 32.1. The van der Waals surface area contributed by atoms with Crippen molar-refractivity contribution in [2.45, 2.75) is 89.9 Å². The van der Waals surface area contributed by atoms with Crippen molar-refractivity contribution in [3.63, 3.8) is 0 Å². The van der Waals surface area contributed by atoms with Crippen LogP contribution in [-0.4, -0.2) is 47.9 Å². The molecule has 0 amide bonds. The third-order valence-corrected chi connectivity index (χ3v) is 7.61. The first-order valence-corrected chi connectivity index (χ1v) is 15.0. The molecule has 1 saturated carbocycles. The molecule has 7 heteroatoms. The zero-order chi connectivity index (χ0) is 29.5. The van der Waals surface area contributed by atoms with E-state index in [-0.39, 0.29) is 17.8 Å². The van der Waals surface area contributed by atoms with Crippen LogP contribution < -0.4 is 0 Å². The van der Waals surface area contributed by atoms with E-state index < -0.39 is 30.3 Å². The Kier molecular flexibility index (Phi) is 13.6. The topological polar surface area (TPSA) is 99.1 Å². The third-order valence-electron chi connectivity index (χ3n) is 7.61. The molecule has 2 aromatic carbocycles. The van der Waals surface area contributed by atoms with Gasteiger partial charge in [-0.3, -0.25) is 4.79 Å². The first-order valence-electron chi connectivity index (χ1n) is 15.0. The number of benzene rings is 2. The van der Waals surface area contributed by atoms with E-state index in [1.807, 2.05) is 32.1 Å². The van der Waals surface area contributed by atoms with Crippen molar-refractivity contribution in [3.8, 4) is 0 Å². The Bertz CT molecular complexity index is 1100. The van der Waals surface area contributed by atoms with Crippen molar-refractivity contribution in [3.05, 3.63) is 83.9 Å². The Hall–Kier alpha value is -3.45. The van der Waals surface area contributed by atoms with Crippen molar-refractivity contribution in [1.29, 1.82) is 0 Å². The lowest BCUT2D eigenvalue weighted by molar-refractivity contribution is -0.143. The lowest BCUT2D eigenvalue weighted by Crippen LogP contribution is -2.26. The van der Waals surface area contributed by atoms with Gasteiger partial charge in [-0.15, -0.1) is 0 Å². The van der Waals surface area contributed by atoms with E-state index in [0.29, 0.717) is 37.0 Å². The van der Waals surface area contributed by atoms with E-state index in [0.717, 1.165) is 38.5 Å². The lowest BCUT2D eigenvalue weighted by Gasteiger charge is -2.23. The smallest absolute Gasteiger partial charge is 0.338 e. The monoisotopic (exact) mass is 564 g/mol. The van der Waals surface area contributed by atoms with Crippen LogP contribution in [0.3, 0.4) is 0 Å². The van der Waals surface area contributed by atoms with Gasteiger partial charge in [0.05, 0.1) is 23.8 Å². The highest BCUT2D eigenvalue weighted by atomic mass is 16.6. The fourth-order valence-electron chi connectivity index (χ4n) is 5.45. The van der Waals surface area contributed by atoms with Gasteiger partial charge >= 0.3 is 17.9 Å². The minimum absolute atomic E-state index is 0.0564. The second-order valence-corrected chi connectivity index (χ2v) is 10.6. The Morgan fingerprint density at radius 2 is 1.39 bits per heavy atom. The molecule has 0 bridgehead atoms. The second kappa shape index (κ2) is 17.4. The molecule has 0 heterocycles. The second-order valence-electron chi connectivity index (χ2n) is 10.6. The van der Waals surface area contributed by atoms with E-state index in [1.165, 1.54) is 0 Å². The number of aliphatic hydroxyl groups excluding tert-OH is 1. The molecule has 7 nitrogen and oxygen atoms in total. The summed E-state index contributed by atoms with van der Waals surface area (Å²) in [4.78, 5) is 37.2. The van der Waals surface area contributed by atoms with Crippen LogP contribution in [0.2, 0.25) is 0 Å². The maximum absolute atomic E-state index is 12.9. The molecule has 0 spiro atoms. The maximum Gasteiger partial charge on any atom is 0.338 e. The summed E-state index contributed by atoms with van der Waals surface area (Å²) in [6.07, 6.45) is 9.04. The molecular weight excluding hydrogens is 520 g/mol. The number of carbonyl (C=O) groups is 3. The maximum atomic E-state index is 12.9. The Morgan fingerprint density at radius 1 is 0.829 bits per heavy atom. The normalized spacial score (nSPS) is 21.0. The number of carbonyl (C=O) groups excluding carboxylic acids is 3. The molecule has 0 radical (unpaired) electrons. The molecule has 1 aliphatic rings. The average molecular weight is 565 g/mol. The molecule has 41 heavy (non-hydrogen) atoms. The van der Waals surface area contributed by atoms with Gasteiger partial charge in [-0.25, -0.2) is 9.59 Å². The van der Waals surface area contributed by atoms with Gasteiger partial charge in [0, 0.05) is 24.7 Å². The highest BCUT2D eigenvalue weighted by Gasteiger charge is 2.45. The number of aliphatic hydroxyl groups is 1. The van der Waals surface area contributed by atoms with Crippen molar-refractivity contribution >= 4 is 17.9 Å². The molecule has 2 aromatic rings. The molecule has 5 atom stereocenters. The quantitative estimate of drug-likeness (QED) is 0.105. The van der Waals surface area contributed by atoms with Crippen molar-refractivity contribution in [2.24, 2.45) is 11.8 Å². The minimum atomic E-state index is -0.622. The zero-order valence-corrected chi connectivity index (χ0v) is 24.3. The van der Waals surface area contributed by atoms with Gasteiger partial charge < -0.3 is 19.3 Å². The van der Waals surface area contributed by atoms with Crippen molar-refractivity contribution in [1.82, 2.24) is 0 Å². The highest BCUT2D eigenvalue weighted by molar-refractivity contribution is 5.90. The van der Waals surface area contributed by atoms with Crippen LogP contribution >= 0.6 is 0 Å². The number of rotatable bonds is 16. The summed E-state index contributed by atoms with van der Waals surface area (Å²) in [6.45, 7) is 4.26. The first-order chi connectivity index (χ1) is 19.9. The molecule has 1 fully saturated rings. The van der Waals surface area contributed by atoms with Crippen LogP contribution in [0.1, 0.15) is 92.4 Å². The van der Waals surface area contributed by atoms with E-state index in [9.17, 15) is 19.5 Å². The van der Waals surface area contributed by atoms with Crippen LogP contribution in [0.25, 0.3) is 0 Å². The molecule has 1 N–H and O–H groups in total. The Morgan fingerprint density at radius 3 is 1.98 bits per heavy atom. The van der Waals surface area contributed by atoms with Gasteiger partial charge in [0.25, 0.3) is 0 Å². The van der Waals surface area contributed by atoms with Crippen LogP contribution in [0.5, 0.6) is 0 Å². The van der Waals surface area contributed by atoms with Crippen LogP contribution in [-0.2, 0) is 19.0 Å². The molecule has 1 unspecified atom stereocenters. The van der Waals surface area contributed by atoms with E-state index in [4.69, 9.17) is 14.2 Å². The molecule has 3 rings (SSSR count). The SMILES string of the molecule is CCOC(=O)CCCCCCCC(O)/C=C/[C@H]1[C@@H](CC)[C@H](OC(=O)c2ccccc2)C[C@@H]1OC(=O)c1ccccc1. The molecule has 0 aromatic heterocycles. The average Bonchev–Trinajstić information content (AvgIpc) is 3.31.